The van der Waals surface area contributed by atoms with E-state index in [9.17, 15) is 4.79 Å². The first-order chi connectivity index (χ1) is 9.13. The van der Waals surface area contributed by atoms with Crippen molar-refractivity contribution in [2.45, 2.75) is 6.92 Å². The van der Waals surface area contributed by atoms with Crippen LogP contribution in [0.5, 0.6) is 0 Å². The fraction of sp³-hybridized carbons (Fsp3) is 0.0714. The highest BCUT2D eigenvalue weighted by Crippen LogP contribution is 2.35. The third-order valence-electron chi connectivity index (χ3n) is 2.44. The molecule has 0 spiro atoms. The number of nitrogens with zero attached hydrogens (tertiary/aromatic N) is 2. The van der Waals surface area contributed by atoms with E-state index in [-0.39, 0.29) is 5.91 Å². The molecule has 0 atom stereocenters. The van der Waals surface area contributed by atoms with Crippen LogP contribution >= 0.6 is 11.3 Å². The Kier molecular flexibility index (Phi) is 3.61. The molecule has 0 saturated carbocycles. The van der Waals surface area contributed by atoms with Gasteiger partial charge in [-0.3, -0.25) is 4.79 Å². The van der Waals surface area contributed by atoms with Crippen molar-refractivity contribution in [3.63, 3.8) is 0 Å². The van der Waals surface area contributed by atoms with Crippen molar-refractivity contribution in [2.24, 2.45) is 0 Å². The lowest BCUT2D eigenvalue weighted by Gasteiger charge is -1.97. The van der Waals surface area contributed by atoms with Gasteiger partial charge in [0.1, 0.15) is 11.1 Å². The molecule has 2 rings (SSSR count). The Morgan fingerprint density at radius 3 is 2.42 bits per heavy atom. The number of thiophene rings is 1. The average molecular weight is 267 g/mol. The topological polar surface area (TPSA) is 76.7 Å². The van der Waals surface area contributed by atoms with Crippen LogP contribution in [0.4, 0.5) is 5.00 Å². The van der Waals surface area contributed by atoms with Gasteiger partial charge in [0, 0.05) is 11.8 Å². The summed E-state index contributed by atoms with van der Waals surface area (Å²) in [4.78, 5) is 11.9. The largest absolute Gasteiger partial charge is 0.317 e. The van der Waals surface area contributed by atoms with Crippen molar-refractivity contribution >= 4 is 22.2 Å². The first kappa shape index (κ1) is 12.8. The van der Waals surface area contributed by atoms with E-state index in [1.54, 1.807) is 18.2 Å². The van der Waals surface area contributed by atoms with Crippen molar-refractivity contribution in [1.82, 2.24) is 0 Å². The minimum atomic E-state index is -0.204. The Bertz CT molecular complexity index is 702. The second-order valence-corrected chi connectivity index (χ2v) is 4.89. The Morgan fingerprint density at radius 2 is 1.89 bits per heavy atom. The lowest BCUT2D eigenvalue weighted by Crippen LogP contribution is -2.04. The summed E-state index contributed by atoms with van der Waals surface area (Å²) < 4.78 is 0. The number of carbonyl (C=O) groups excluding carboxylic acids is 1. The van der Waals surface area contributed by atoms with Gasteiger partial charge in [0.15, 0.2) is 0 Å². The number of nitriles is 2. The number of hydrogen-bond donors (Lipinski definition) is 1. The molecule has 0 aliphatic carbocycles. The lowest BCUT2D eigenvalue weighted by molar-refractivity contribution is -0.114. The van der Waals surface area contributed by atoms with E-state index in [2.05, 4.69) is 17.5 Å². The number of carbonyl (C=O) groups is 1. The predicted molar refractivity (Wildman–Crippen MR) is 73.5 cm³/mol. The molecule has 0 bridgehead atoms. The van der Waals surface area contributed by atoms with Crippen LogP contribution in [0, 0.1) is 22.7 Å². The zero-order chi connectivity index (χ0) is 13.8. The van der Waals surface area contributed by atoms with Crippen LogP contribution in [0.15, 0.2) is 30.3 Å². The van der Waals surface area contributed by atoms with E-state index < -0.39 is 0 Å². The molecule has 0 radical (unpaired) electrons. The van der Waals surface area contributed by atoms with Gasteiger partial charge in [-0.2, -0.15) is 10.5 Å². The monoisotopic (exact) mass is 267 g/mol. The predicted octanol–water partition coefficient (Wildman–Crippen LogP) is 3.12. The van der Waals surface area contributed by atoms with Crippen LogP contribution in [-0.2, 0) is 4.79 Å². The zero-order valence-electron chi connectivity index (χ0n) is 10.1. The summed E-state index contributed by atoms with van der Waals surface area (Å²) in [7, 11) is 0. The zero-order valence-corrected chi connectivity index (χ0v) is 10.9. The number of amides is 1. The molecular weight excluding hydrogens is 258 g/mol. The maximum atomic E-state index is 11.1. The second-order valence-electron chi connectivity index (χ2n) is 3.84. The third-order valence-corrected chi connectivity index (χ3v) is 3.54. The summed E-state index contributed by atoms with van der Waals surface area (Å²) in [6.45, 7) is 1.41. The van der Waals surface area contributed by atoms with Gasteiger partial charge >= 0.3 is 0 Å². The molecule has 19 heavy (non-hydrogen) atoms. The first-order valence-corrected chi connectivity index (χ1v) is 6.27. The highest BCUT2D eigenvalue weighted by Gasteiger charge is 2.11. The Labute approximate surface area is 114 Å². The minimum absolute atomic E-state index is 0.204. The smallest absolute Gasteiger partial charge is 0.221 e. The summed E-state index contributed by atoms with van der Waals surface area (Å²) in [6, 6.07) is 12.9. The molecule has 0 unspecified atom stereocenters. The molecule has 2 aromatic rings. The molecule has 1 N–H and O–H groups in total. The molecule has 92 valence electrons. The van der Waals surface area contributed by atoms with E-state index in [4.69, 9.17) is 10.5 Å². The van der Waals surface area contributed by atoms with Gasteiger partial charge in [-0.05, 0) is 23.8 Å². The van der Waals surface area contributed by atoms with E-state index in [1.807, 2.05) is 12.1 Å². The summed E-state index contributed by atoms with van der Waals surface area (Å²) in [6.07, 6.45) is 0. The number of rotatable bonds is 2. The van der Waals surface area contributed by atoms with Crippen molar-refractivity contribution in [2.75, 3.05) is 5.32 Å². The van der Waals surface area contributed by atoms with Crippen LogP contribution in [-0.4, -0.2) is 5.91 Å². The van der Waals surface area contributed by atoms with E-state index in [0.717, 1.165) is 10.4 Å². The number of benzene rings is 1. The average Bonchev–Trinajstić information content (AvgIpc) is 2.81. The van der Waals surface area contributed by atoms with Crippen LogP contribution in [0.1, 0.15) is 18.1 Å². The molecule has 1 aromatic carbocycles. The molecule has 4 nitrogen and oxygen atoms in total. The maximum Gasteiger partial charge on any atom is 0.221 e. The summed E-state index contributed by atoms with van der Waals surface area (Å²) >= 11 is 1.34. The summed E-state index contributed by atoms with van der Waals surface area (Å²) in [5, 5.41) is 21.0. The van der Waals surface area contributed by atoms with Crippen LogP contribution in [0.25, 0.3) is 10.4 Å². The summed E-state index contributed by atoms with van der Waals surface area (Å²) in [5.41, 5.74) is 1.94. The first-order valence-electron chi connectivity index (χ1n) is 5.46. The van der Waals surface area contributed by atoms with Gasteiger partial charge in [0.25, 0.3) is 0 Å². The Morgan fingerprint density at radius 1 is 1.21 bits per heavy atom. The van der Waals surface area contributed by atoms with E-state index in [0.29, 0.717) is 16.1 Å². The molecule has 0 aliphatic heterocycles. The fourth-order valence-electron chi connectivity index (χ4n) is 1.58. The molecule has 0 saturated heterocycles. The number of anilines is 1. The Balaban J connectivity index is 2.40. The molecule has 1 aromatic heterocycles. The minimum Gasteiger partial charge on any atom is -0.317 e. The molecular formula is C14H9N3OS. The molecule has 0 fully saturated rings. The normalized spacial score (nSPS) is 9.42. The van der Waals surface area contributed by atoms with Gasteiger partial charge in [0.05, 0.1) is 17.2 Å². The highest BCUT2D eigenvalue weighted by atomic mass is 32.1. The molecule has 1 amide bonds. The van der Waals surface area contributed by atoms with Gasteiger partial charge < -0.3 is 5.32 Å². The van der Waals surface area contributed by atoms with Crippen LogP contribution < -0.4 is 5.32 Å². The lowest BCUT2D eigenvalue weighted by atomic mass is 10.1. The van der Waals surface area contributed by atoms with Gasteiger partial charge in [-0.1, -0.05) is 12.1 Å². The van der Waals surface area contributed by atoms with Gasteiger partial charge in [0.2, 0.25) is 5.91 Å². The quantitative estimate of drug-likeness (QED) is 0.908. The summed E-state index contributed by atoms with van der Waals surface area (Å²) in [5.74, 6) is -0.204. The van der Waals surface area contributed by atoms with Gasteiger partial charge in [-0.15, -0.1) is 11.3 Å². The second kappa shape index (κ2) is 5.34. The third kappa shape index (κ3) is 2.79. The van der Waals surface area contributed by atoms with Crippen molar-refractivity contribution in [3.05, 3.63) is 41.5 Å². The number of nitrogens with one attached hydrogen (secondary N) is 1. The van der Waals surface area contributed by atoms with E-state index in [1.165, 1.54) is 18.3 Å². The van der Waals surface area contributed by atoms with Crippen LogP contribution in [0.2, 0.25) is 0 Å². The Hall–Kier alpha value is -2.63. The van der Waals surface area contributed by atoms with Gasteiger partial charge in [-0.25, -0.2) is 0 Å². The SMILES string of the molecule is CC(=O)Nc1sc(-c2ccc(C#N)cc2)cc1C#N. The van der Waals surface area contributed by atoms with Crippen molar-refractivity contribution < 1.29 is 4.79 Å². The molecule has 1 heterocycles. The molecule has 5 heteroatoms. The fourth-order valence-corrected chi connectivity index (χ4v) is 2.64. The van der Waals surface area contributed by atoms with Crippen LogP contribution in [0.3, 0.4) is 0 Å². The standard InChI is InChI=1S/C14H9N3OS/c1-9(18)17-14-12(8-16)6-13(19-14)11-4-2-10(7-15)3-5-11/h2-6H,1H3,(H,17,18). The van der Waals surface area contributed by atoms with Crippen molar-refractivity contribution in [1.29, 1.82) is 10.5 Å². The highest BCUT2D eigenvalue weighted by molar-refractivity contribution is 7.19. The number of hydrogen-bond acceptors (Lipinski definition) is 4. The van der Waals surface area contributed by atoms with Crippen molar-refractivity contribution in [3.8, 4) is 22.6 Å². The maximum absolute atomic E-state index is 11.1. The molecule has 0 aliphatic rings. The van der Waals surface area contributed by atoms with E-state index >= 15 is 0 Å².